The molecule has 2 aliphatic rings. The molecular weight excluding hydrogens is 338 g/mol. The number of methoxy groups -OCH3 is 2. The summed E-state index contributed by atoms with van der Waals surface area (Å²) in [5.74, 6) is 2.37. The number of pyridine rings is 1. The molecule has 0 N–H and O–H groups in total. The molecule has 0 aliphatic carbocycles. The van der Waals surface area contributed by atoms with E-state index in [9.17, 15) is 0 Å². The number of nitrogens with zero attached hydrogens (tertiary/aromatic N) is 3. The number of piperidine rings is 1. The van der Waals surface area contributed by atoms with Gasteiger partial charge in [-0.15, -0.1) is 0 Å². The van der Waals surface area contributed by atoms with Crippen molar-refractivity contribution in [1.29, 1.82) is 0 Å². The van der Waals surface area contributed by atoms with Crippen LogP contribution in [0.2, 0.25) is 0 Å². The van der Waals surface area contributed by atoms with Gasteiger partial charge in [0.1, 0.15) is 11.5 Å². The first kappa shape index (κ1) is 19.5. The van der Waals surface area contributed by atoms with Crippen molar-refractivity contribution in [2.45, 2.75) is 20.3 Å². The lowest BCUT2D eigenvalue weighted by Gasteiger charge is -2.29. The number of anilines is 1. The number of benzene rings is 1. The minimum atomic E-state index is 0. The van der Waals surface area contributed by atoms with Crippen LogP contribution in [0.15, 0.2) is 36.7 Å². The van der Waals surface area contributed by atoms with E-state index < -0.39 is 0 Å². The van der Waals surface area contributed by atoms with Gasteiger partial charge in [0, 0.05) is 37.9 Å². The molecule has 3 heterocycles. The van der Waals surface area contributed by atoms with Gasteiger partial charge in [-0.1, -0.05) is 13.5 Å². The summed E-state index contributed by atoms with van der Waals surface area (Å²) in [4.78, 5) is 9.64. The van der Waals surface area contributed by atoms with Crippen LogP contribution in [0.3, 0.4) is 0 Å². The molecule has 2 saturated heterocycles. The first-order valence-corrected chi connectivity index (χ1v) is 9.42. The topological polar surface area (TPSA) is 37.8 Å². The van der Waals surface area contributed by atoms with Crippen LogP contribution in [0.5, 0.6) is 11.5 Å². The average Bonchev–Trinajstić information content (AvgIpc) is 2.84. The van der Waals surface area contributed by atoms with Crippen molar-refractivity contribution in [3.8, 4) is 22.6 Å². The zero-order valence-electron chi connectivity index (χ0n) is 15.6. The molecule has 5 heteroatoms. The van der Waals surface area contributed by atoms with Gasteiger partial charge in [0.25, 0.3) is 0 Å². The smallest absolute Gasteiger partial charge is 0.130 e. The van der Waals surface area contributed by atoms with Gasteiger partial charge in [-0.2, -0.15) is 0 Å². The third-order valence-corrected chi connectivity index (χ3v) is 5.57. The summed E-state index contributed by atoms with van der Waals surface area (Å²) in [6.07, 6.45) is 6.54. The van der Waals surface area contributed by atoms with Crippen molar-refractivity contribution >= 4 is 5.69 Å². The molecule has 2 atom stereocenters. The molecule has 146 valence electrons. The highest BCUT2D eigenvalue weighted by Crippen LogP contribution is 2.39. The normalized spacial score (nSPS) is 21.8. The van der Waals surface area contributed by atoms with Crippen LogP contribution in [0, 0.1) is 5.92 Å². The molecule has 2 unspecified atom stereocenters. The van der Waals surface area contributed by atoms with E-state index in [2.05, 4.69) is 20.9 Å². The zero-order chi connectivity index (χ0) is 17.9. The van der Waals surface area contributed by atoms with Crippen LogP contribution in [0.1, 0.15) is 20.3 Å². The second-order valence-electron chi connectivity index (χ2n) is 7.22. The largest absolute Gasteiger partial charge is 0.496 e. The monoisotopic (exact) mass is 369 g/mol. The average molecular weight is 370 g/mol. The molecule has 1 aromatic heterocycles. The van der Waals surface area contributed by atoms with Crippen molar-refractivity contribution in [3.05, 3.63) is 36.7 Å². The van der Waals surface area contributed by atoms with Crippen molar-refractivity contribution in [2.75, 3.05) is 51.8 Å². The minimum Gasteiger partial charge on any atom is -0.496 e. The molecule has 0 radical (unpaired) electrons. The molecule has 4 rings (SSSR count). The van der Waals surface area contributed by atoms with Gasteiger partial charge >= 0.3 is 0 Å². The van der Waals surface area contributed by atoms with E-state index in [0.717, 1.165) is 48.2 Å². The van der Waals surface area contributed by atoms with Gasteiger partial charge < -0.3 is 19.3 Å². The SMILES string of the molecule is C.COc1cccc(OC)c1-c1cncc(N2CCN3CCCC(C3)C2)c1. The highest BCUT2D eigenvalue weighted by atomic mass is 16.5. The molecule has 0 amide bonds. The Morgan fingerprint density at radius 1 is 1.00 bits per heavy atom. The summed E-state index contributed by atoms with van der Waals surface area (Å²) in [6.45, 7) is 5.80. The summed E-state index contributed by atoms with van der Waals surface area (Å²) in [5.41, 5.74) is 3.18. The van der Waals surface area contributed by atoms with Crippen LogP contribution < -0.4 is 14.4 Å². The van der Waals surface area contributed by atoms with Crippen molar-refractivity contribution in [3.63, 3.8) is 0 Å². The minimum absolute atomic E-state index is 0. The highest BCUT2D eigenvalue weighted by Gasteiger charge is 2.26. The van der Waals surface area contributed by atoms with E-state index in [-0.39, 0.29) is 7.43 Å². The summed E-state index contributed by atoms with van der Waals surface area (Å²) in [6, 6.07) is 8.10. The number of hydrogen-bond donors (Lipinski definition) is 0. The quantitative estimate of drug-likeness (QED) is 0.816. The summed E-state index contributed by atoms with van der Waals surface area (Å²) < 4.78 is 11.2. The number of hydrogen-bond acceptors (Lipinski definition) is 5. The Bertz CT molecular complexity index is 743. The number of rotatable bonds is 4. The first-order valence-electron chi connectivity index (χ1n) is 9.42. The third-order valence-electron chi connectivity index (χ3n) is 5.57. The van der Waals surface area contributed by atoms with E-state index in [0.29, 0.717) is 0 Å². The Labute approximate surface area is 162 Å². The van der Waals surface area contributed by atoms with Crippen LogP contribution in [0.25, 0.3) is 11.1 Å². The first-order chi connectivity index (χ1) is 12.8. The molecule has 2 aliphatic heterocycles. The summed E-state index contributed by atoms with van der Waals surface area (Å²) in [7, 11) is 3.39. The van der Waals surface area contributed by atoms with E-state index >= 15 is 0 Å². The van der Waals surface area contributed by atoms with Crippen molar-refractivity contribution < 1.29 is 9.47 Å². The lowest BCUT2D eigenvalue weighted by atomic mass is 9.98. The molecule has 2 aromatic rings. The van der Waals surface area contributed by atoms with E-state index in [1.807, 2.05) is 30.6 Å². The maximum absolute atomic E-state index is 5.58. The predicted molar refractivity (Wildman–Crippen MR) is 111 cm³/mol. The fraction of sp³-hybridized carbons (Fsp3) is 0.500. The van der Waals surface area contributed by atoms with Crippen LogP contribution in [-0.4, -0.2) is 56.8 Å². The molecular formula is C22H31N3O2. The fourth-order valence-corrected chi connectivity index (χ4v) is 4.28. The maximum atomic E-state index is 5.58. The lowest BCUT2D eigenvalue weighted by molar-refractivity contribution is 0.201. The predicted octanol–water partition coefficient (Wildman–Crippen LogP) is 3.93. The van der Waals surface area contributed by atoms with E-state index in [4.69, 9.17) is 9.47 Å². The number of ether oxygens (including phenoxy) is 2. The van der Waals surface area contributed by atoms with Crippen LogP contribution in [0.4, 0.5) is 5.69 Å². The zero-order valence-corrected chi connectivity index (χ0v) is 15.6. The van der Waals surface area contributed by atoms with E-state index in [1.165, 1.54) is 31.6 Å². The van der Waals surface area contributed by atoms with E-state index in [1.54, 1.807) is 14.2 Å². The Kier molecular flexibility index (Phi) is 6.22. The Hall–Kier alpha value is -2.27. The van der Waals surface area contributed by atoms with Crippen molar-refractivity contribution in [2.24, 2.45) is 5.92 Å². The Balaban J connectivity index is 0.00000210. The molecule has 2 bridgehead atoms. The Morgan fingerprint density at radius 2 is 1.78 bits per heavy atom. The molecule has 0 saturated carbocycles. The van der Waals surface area contributed by atoms with Gasteiger partial charge in [-0.3, -0.25) is 4.98 Å². The molecule has 0 spiro atoms. The maximum Gasteiger partial charge on any atom is 0.130 e. The fourth-order valence-electron chi connectivity index (χ4n) is 4.28. The van der Waals surface area contributed by atoms with Gasteiger partial charge in [0.2, 0.25) is 0 Å². The van der Waals surface area contributed by atoms with Gasteiger partial charge in [-0.25, -0.2) is 0 Å². The summed E-state index contributed by atoms with van der Waals surface area (Å²) >= 11 is 0. The van der Waals surface area contributed by atoms with Gasteiger partial charge in [-0.05, 0) is 43.5 Å². The molecule has 1 aromatic carbocycles. The molecule has 5 nitrogen and oxygen atoms in total. The Morgan fingerprint density at radius 3 is 2.52 bits per heavy atom. The second kappa shape index (κ2) is 8.61. The van der Waals surface area contributed by atoms with Gasteiger partial charge in [0.05, 0.1) is 31.7 Å². The number of aromatic nitrogens is 1. The second-order valence-corrected chi connectivity index (χ2v) is 7.22. The standard InChI is InChI=1S/C21H27N3O2.CH4/c1-25-19-6-3-7-20(26-2)21(19)17-11-18(13-22-12-17)24-10-9-23-8-4-5-16(14-23)15-24;/h3,6-7,11-13,16H,4-5,8-10,14-15H2,1-2H3;1H4. The highest BCUT2D eigenvalue weighted by molar-refractivity contribution is 5.78. The van der Waals surface area contributed by atoms with Gasteiger partial charge in [0.15, 0.2) is 0 Å². The summed E-state index contributed by atoms with van der Waals surface area (Å²) in [5, 5.41) is 0. The van der Waals surface area contributed by atoms with Crippen LogP contribution >= 0.6 is 0 Å². The molecule has 2 fully saturated rings. The molecule has 27 heavy (non-hydrogen) atoms. The third kappa shape index (κ3) is 4.03. The lowest BCUT2D eigenvalue weighted by Crippen LogP contribution is -2.35. The van der Waals surface area contributed by atoms with Crippen LogP contribution in [-0.2, 0) is 0 Å². The van der Waals surface area contributed by atoms with Crippen molar-refractivity contribution in [1.82, 2.24) is 9.88 Å². The number of fused-ring (bicyclic) bond motifs is 2.